The van der Waals surface area contributed by atoms with Crippen LogP contribution in [0.5, 0.6) is 0 Å². The Morgan fingerprint density at radius 1 is 1.03 bits per heavy atom. The van der Waals surface area contributed by atoms with Crippen LogP contribution in [0.1, 0.15) is 29.1 Å². The fourth-order valence-electron chi connectivity index (χ4n) is 4.27. The van der Waals surface area contributed by atoms with Gasteiger partial charge in [-0.3, -0.25) is 14.5 Å². The first kappa shape index (κ1) is 22.0. The zero-order valence-corrected chi connectivity index (χ0v) is 19.0. The predicted octanol–water partition coefficient (Wildman–Crippen LogP) is 2.37. The second kappa shape index (κ2) is 9.48. The van der Waals surface area contributed by atoms with Gasteiger partial charge in [0.15, 0.2) is 5.65 Å². The van der Waals surface area contributed by atoms with E-state index < -0.39 is 0 Å². The maximum Gasteiger partial charge on any atom is 0.238 e. The molecule has 1 aliphatic rings. The van der Waals surface area contributed by atoms with Crippen molar-refractivity contribution in [1.29, 1.82) is 0 Å². The van der Waals surface area contributed by atoms with Crippen molar-refractivity contribution >= 4 is 23.1 Å². The van der Waals surface area contributed by atoms with Gasteiger partial charge in [0.25, 0.3) is 0 Å². The predicted molar refractivity (Wildman–Crippen MR) is 124 cm³/mol. The molecule has 0 saturated carbocycles. The Morgan fingerprint density at radius 3 is 2.47 bits per heavy atom. The minimum atomic E-state index is -0.0290. The normalized spacial score (nSPS) is 14.7. The van der Waals surface area contributed by atoms with Gasteiger partial charge in [0.05, 0.1) is 12.2 Å². The number of nitrogens with zero attached hydrogens (tertiary/aromatic N) is 5. The highest BCUT2D eigenvalue weighted by Gasteiger charge is 2.23. The summed E-state index contributed by atoms with van der Waals surface area (Å²) in [7, 11) is 0. The zero-order chi connectivity index (χ0) is 22.7. The molecule has 2 amide bonds. The Hall–Kier alpha value is -3.26. The van der Waals surface area contributed by atoms with Crippen LogP contribution >= 0.6 is 0 Å². The van der Waals surface area contributed by atoms with Crippen LogP contribution in [-0.2, 0) is 16.0 Å². The molecule has 8 heteroatoms. The molecule has 0 spiro atoms. The quantitative estimate of drug-likeness (QED) is 0.644. The Kier molecular flexibility index (Phi) is 6.50. The van der Waals surface area contributed by atoms with Gasteiger partial charge < -0.3 is 10.2 Å². The molecule has 0 radical (unpaired) electrons. The summed E-state index contributed by atoms with van der Waals surface area (Å²) in [4.78, 5) is 33.7. The summed E-state index contributed by atoms with van der Waals surface area (Å²) in [5, 5.41) is 7.42. The zero-order valence-electron chi connectivity index (χ0n) is 19.0. The van der Waals surface area contributed by atoms with Crippen molar-refractivity contribution in [1.82, 2.24) is 24.4 Å². The van der Waals surface area contributed by atoms with E-state index in [9.17, 15) is 9.59 Å². The van der Waals surface area contributed by atoms with Gasteiger partial charge in [-0.1, -0.05) is 18.2 Å². The molecular weight excluding hydrogens is 404 g/mol. The van der Waals surface area contributed by atoms with E-state index in [1.165, 1.54) is 0 Å². The number of hydrogen-bond donors (Lipinski definition) is 1. The maximum atomic E-state index is 12.8. The SMILES string of the molecule is Cc1cc2nc(C)c(CCC(=O)N3CCN(CC(=O)Nc4ccccc4)CC3)c(C)n2n1. The lowest BCUT2D eigenvalue weighted by Crippen LogP contribution is -2.50. The first-order chi connectivity index (χ1) is 15.4. The number of anilines is 1. The van der Waals surface area contributed by atoms with E-state index in [4.69, 9.17) is 0 Å². The van der Waals surface area contributed by atoms with Crippen molar-refractivity contribution in [3.05, 3.63) is 59.0 Å². The average Bonchev–Trinajstić information content (AvgIpc) is 3.15. The van der Waals surface area contributed by atoms with Gasteiger partial charge in [-0.05, 0) is 44.9 Å². The van der Waals surface area contributed by atoms with Crippen LogP contribution in [0.3, 0.4) is 0 Å². The van der Waals surface area contributed by atoms with Crippen LogP contribution in [0.15, 0.2) is 36.4 Å². The van der Waals surface area contributed by atoms with Crippen LogP contribution in [0.25, 0.3) is 5.65 Å². The van der Waals surface area contributed by atoms with Crippen molar-refractivity contribution in [2.45, 2.75) is 33.6 Å². The highest BCUT2D eigenvalue weighted by Crippen LogP contribution is 2.18. The van der Waals surface area contributed by atoms with Gasteiger partial charge in [0.1, 0.15) is 0 Å². The monoisotopic (exact) mass is 434 g/mol. The molecular formula is C24H30N6O2. The molecule has 0 unspecified atom stereocenters. The molecule has 168 valence electrons. The molecule has 3 heterocycles. The molecule has 1 aliphatic heterocycles. The van der Waals surface area contributed by atoms with E-state index in [0.29, 0.717) is 45.6 Å². The minimum Gasteiger partial charge on any atom is -0.340 e. The Labute approximate surface area is 188 Å². The van der Waals surface area contributed by atoms with E-state index >= 15 is 0 Å². The number of rotatable bonds is 6. The number of para-hydroxylation sites is 1. The third kappa shape index (κ3) is 4.96. The van der Waals surface area contributed by atoms with Crippen molar-refractivity contribution in [2.75, 3.05) is 38.0 Å². The fourth-order valence-corrected chi connectivity index (χ4v) is 4.27. The second-order valence-corrected chi connectivity index (χ2v) is 8.39. The van der Waals surface area contributed by atoms with Gasteiger partial charge in [-0.2, -0.15) is 5.10 Å². The number of carbonyl (C=O) groups excluding carboxylic acids is 2. The van der Waals surface area contributed by atoms with Gasteiger partial charge in [0.2, 0.25) is 11.8 Å². The highest BCUT2D eigenvalue weighted by molar-refractivity contribution is 5.92. The number of amides is 2. The molecule has 3 aromatic rings. The van der Waals surface area contributed by atoms with E-state index in [2.05, 4.69) is 20.3 Å². The highest BCUT2D eigenvalue weighted by atomic mass is 16.2. The van der Waals surface area contributed by atoms with Crippen LogP contribution in [-0.4, -0.2) is 68.9 Å². The number of carbonyl (C=O) groups is 2. The van der Waals surface area contributed by atoms with Crippen LogP contribution in [0.2, 0.25) is 0 Å². The summed E-state index contributed by atoms with van der Waals surface area (Å²) in [6.07, 6.45) is 1.10. The van der Waals surface area contributed by atoms with Crippen molar-refractivity contribution < 1.29 is 9.59 Å². The van der Waals surface area contributed by atoms with Gasteiger partial charge >= 0.3 is 0 Å². The summed E-state index contributed by atoms with van der Waals surface area (Å²) in [6.45, 7) is 9.01. The lowest BCUT2D eigenvalue weighted by atomic mass is 10.1. The van der Waals surface area contributed by atoms with Crippen molar-refractivity contribution in [3.8, 4) is 0 Å². The molecule has 2 aromatic heterocycles. The second-order valence-electron chi connectivity index (χ2n) is 8.39. The van der Waals surface area contributed by atoms with Gasteiger partial charge in [-0.15, -0.1) is 0 Å². The fraction of sp³-hybridized carbons (Fsp3) is 0.417. The first-order valence-electron chi connectivity index (χ1n) is 11.1. The number of aryl methyl sites for hydroxylation is 3. The molecule has 0 atom stereocenters. The standard InChI is InChI=1S/C24H30N6O2/c1-17-15-22-25-18(2)21(19(3)30(22)27-17)9-10-24(32)29-13-11-28(12-14-29)16-23(31)26-20-7-5-4-6-8-20/h4-8,15H,9-14,16H2,1-3H3,(H,26,31). The Balaban J connectivity index is 1.27. The van der Waals surface area contributed by atoms with E-state index in [1.54, 1.807) is 0 Å². The van der Waals surface area contributed by atoms with Crippen LogP contribution < -0.4 is 5.32 Å². The summed E-state index contributed by atoms with van der Waals surface area (Å²) in [5.74, 6) is 0.118. The number of benzene rings is 1. The first-order valence-corrected chi connectivity index (χ1v) is 11.1. The van der Waals surface area contributed by atoms with E-state index in [1.807, 2.05) is 66.6 Å². The Morgan fingerprint density at radius 2 is 1.75 bits per heavy atom. The van der Waals surface area contributed by atoms with Gasteiger partial charge in [-0.25, -0.2) is 9.50 Å². The molecule has 1 N–H and O–H groups in total. The summed E-state index contributed by atoms with van der Waals surface area (Å²) in [6, 6.07) is 11.4. The van der Waals surface area contributed by atoms with E-state index in [0.717, 1.165) is 34.0 Å². The maximum absolute atomic E-state index is 12.8. The number of fused-ring (bicyclic) bond motifs is 1. The average molecular weight is 435 g/mol. The molecule has 0 aliphatic carbocycles. The number of aromatic nitrogens is 3. The van der Waals surface area contributed by atoms with Crippen LogP contribution in [0.4, 0.5) is 5.69 Å². The van der Waals surface area contributed by atoms with Gasteiger partial charge in [0, 0.05) is 55.7 Å². The third-order valence-electron chi connectivity index (χ3n) is 6.02. The molecule has 8 nitrogen and oxygen atoms in total. The molecule has 1 saturated heterocycles. The lowest BCUT2D eigenvalue weighted by molar-refractivity contribution is -0.133. The molecule has 32 heavy (non-hydrogen) atoms. The smallest absolute Gasteiger partial charge is 0.238 e. The summed E-state index contributed by atoms with van der Waals surface area (Å²) in [5.41, 5.74) is 5.67. The summed E-state index contributed by atoms with van der Waals surface area (Å²) >= 11 is 0. The molecule has 1 aromatic carbocycles. The Bertz CT molecular complexity index is 1120. The number of nitrogens with one attached hydrogen (secondary N) is 1. The third-order valence-corrected chi connectivity index (χ3v) is 6.02. The number of piperazine rings is 1. The molecule has 1 fully saturated rings. The lowest BCUT2D eigenvalue weighted by Gasteiger charge is -2.34. The topological polar surface area (TPSA) is 82.8 Å². The molecule has 4 rings (SSSR count). The number of hydrogen-bond acceptors (Lipinski definition) is 5. The largest absolute Gasteiger partial charge is 0.340 e. The van der Waals surface area contributed by atoms with Crippen molar-refractivity contribution in [3.63, 3.8) is 0 Å². The van der Waals surface area contributed by atoms with E-state index in [-0.39, 0.29) is 11.8 Å². The molecule has 0 bridgehead atoms. The van der Waals surface area contributed by atoms with Crippen LogP contribution in [0, 0.1) is 20.8 Å². The minimum absolute atomic E-state index is 0.0290. The summed E-state index contributed by atoms with van der Waals surface area (Å²) < 4.78 is 1.86. The van der Waals surface area contributed by atoms with Crippen molar-refractivity contribution in [2.24, 2.45) is 0 Å².